The number of hydrogen-bond donors (Lipinski definition) is 2. The summed E-state index contributed by atoms with van der Waals surface area (Å²) in [6.07, 6.45) is 4.60. The molecule has 1 unspecified atom stereocenters. The standard InChI is InChI=1S/C20H24F2N4O2S/c1-13-5-2-3-9-26(13)10-4-8-23-19(28)17-12-29-20(24-17)25-18(27)14-6-7-15(21)16(22)11-14/h6-7,11-13H,2-5,8-10H2,1H3,(H,23,28)(H,24,25,27). The fourth-order valence-electron chi connectivity index (χ4n) is 3.31. The van der Waals surface area contributed by atoms with Gasteiger partial charge in [0.25, 0.3) is 11.8 Å². The minimum Gasteiger partial charge on any atom is -0.351 e. The van der Waals surface area contributed by atoms with Gasteiger partial charge < -0.3 is 10.2 Å². The van der Waals surface area contributed by atoms with Crippen molar-refractivity contribution >= 4 is 28.3 Å². The van der Waals surface area contributed by atoms with Crippen molar-refractivity contribution in [2.45, 2.75) is 38.6 Å². The highest BCUT2D eigenvalue weighted by Crippen LogP contribution is 2.18. The zero-order valence-electron chi connectivity index (χ0n) is 16.2. The predicted octanol–water partition coefficient (Wildman–Crippen LogP) is 3.67. The number of hydrogen-bond acceptors (Lipinski definition) is 5. The van der Waals surface area contributed by atoms with E-state index in [2.05, 4.69) is 27.4 Å². The van der Waals surface area contributed by atoms with Gasteiger partial charge in [0.1, 0.15) is 5.69 Å². The van der Waals surface area contributed by atoms with Crippen LogP contribution in [0.15, 0.2) is 23.6 Å². The van der Waals surface area contributed by atoms with Crippen LogP contribution in [0.1, 0.15) is 53.5 Å². The second kappa shape index (κ2) is 9.89. The van der Waals surface area contributed by atoms with Crippen molar-refractivity contribution < 1.29 is 18.4 Å². The van der Waals surface area contributed by atoms with Crippen molar-refractivity contribution in [2.75, 3.05) is 25.0 Å². The maximum absolute atomic E-state index is 13.3. The number of likely N-dealkylation sites (tertiary alicyclic amines) is 1. The number of carbonyl (C=O) groups excluding carboxylic acids is 2. The molecule has 9 heteroatoms. The summed E-state index contributed by atoms with van der Waals surface area (Å²) >= 11 is 1.09. The SMILES string of the molecule is CC1CCCCN1CCCNC(=O)c1csc(NC(=O)c2ccc(F)c(F)c2)n1. The molecule has 3 rings (SSSR count). The van der Waals surface area contributed by atoms with E-state index in [1.807, 2.05) is 0 Å². The summed E-state index contributed by atoms with van der Waals surface area (Å²) < 4.78 is 26.2. The Morgan fingerprint density at radius 3 is 2.83 bits per heavy atom. The fourth-order valence-corrected chi connectivity index (χ4v) is 3.99. The quantitative estimate of drug-likeness (QED) is 0.668. The van der Waals surface area contributed by atoms with E-state index >= 15 is 0 Å². The Kier molecular flexibility index (Phi) is 7.27. The van der Waals surface area contributed by atoms with E-state index in [4.69, 9.17) is 0 Å². The summed E-state index contributed by atoms with van der Waals surface area (Å²) in [6, 6.07) is 3.47. The number of thiazole rings is 1. The van der Waals surface area contributed by atoms with Crippen LogP contribution in [0.25, 0.3) is 0 Å². The maximum atomic E-state index is 13.3. The Labute approximate surface area is 172 Å². The highest BCUT2D eigenvalue weighted by Gasteiger charge is 2.18. The van der Waals surface area contributed by atoms with Gasteiger partial charge in [0, 0.05) is 30.1 Å². The van der Waals surface area contributed by atoms with Crippen LogP contribution in [0.3, 0.4) is 0 Å². The molecule has 1 aliphatic rings. The maximum Gasteiger partial charge on any atom is 0.270 e. The monoisotopic (exact) mass is 422 g/mol. The van der Waals surface area contributed by atoms with Crippen molar-refractivity contribution in [3.8, 4) is 0 Å². The van der Waals surface area contributed by atoms with E-state index in [0.717, 1.165) is 43.0 Å². The number of aromatic nitrogens is 1. The Bertz CT molecular complexity index is 874. The van der Waals surface area contributed by atoms with Crippen molar-refractivity contribution in [2.24, 2.45) is 0 Å². The largest absolute Gasteiger partial charge is 0.351 e. The van der Waals surface area contributed by atoms with Crippen LogP contribution in [0.5, 0.6) is 0 Å². The van der Waals surface area contributed by atoms with Gasteiger partial charge in [-0.3, -0.25) is 14.9 Å². The molecule has 2 amide bonds. The molecule has 1 atom stereocenters. The lowest BCUT2D eigenvalue weighted by Crippen LogP contribution is -2.39. The van der Waals surface area contributed by atoms with Crippen molar-refractivity contribution in [3.63, 3.8) is 0 Å². The molecule has 2 aromatic rings. The van der Waals surface area contributed by atoms with Crippen molar-refractivity contribution in [1.82, 2.24) is 15.2 Å². The summed E-state index contributed by atoms with van der Waals surface area (Å²) in [5, 5.41) is 7.09. The molecule has 2 heterocycles. The molecular weight excluding hydrogens is 398 g/mol. The molecule has 29 heavy (non-hydrogen) atoms. The number of rotatable bonds is 7. The summed E-state index contributed by atoms with van der Waals surface area (Å²) in [6.45, 7) is 4.86. The third-order valence-corrected chi connectivity index (χ3v) is 5.75. The molecule has 0 radical (unpaired) electrons. The number of nitrogens with one attached hydrogen (secondary N) is 2. The molecule has 0 saturated carbocycles. The first-order chi connectivity index (χ1) is 13.9. The lowest BCUT2D eigenvalue weighted by atomic mass is 10.0. The van der Waals surface area contributed by atoms with Crippen LogP contribution < -0.4 is 10.6 Å². The first-order valence-electron chi connectivity index (χ1n) is 9.68. The van der Waals surface area contributed by atoms with Crippen LogP contribution in [0.2, 0.25) is 0 Å². The van der Waals surface area contributed by atoms with Gasteiger partial charge in [-0.05, 0) is 50.9 Å². The zero-order chi connectivity index (χ0) is 20.8. The molecule has 1 aliphatic heterocycles. The number of nitrogens with zero attached hydrogens (tertiary/aromatic N) is 2. The van der Waals surface area contributed by atoms with E-state index < -0.39 is 17.5 Å². The molecule has 1 saturated heterocycles. The number of anilines is 1. The Hall–Kier alpha value is -2.39. The molecule has 1 aromatic carbocycles. The number of benzene rings is 1. The molecule has 6 nitrogen and oxygen atoms in total. The summed E-state index contributed by atoms with van der Waals surface area (Å²) in [7, 11) is 0. The van der Waals surface area contributed by atoms with Gasteiger partial charge in [0.15, 0.2) is 16.8 Å². The number of piperidine rings is 1. The molecule has 0 spiro atoms. The van der Waals surface area contributed by atoms with Gasteiger partial charge in [-0.25, -0.2) is 13.8 Å². The molecule has 0 aliphatic carbocycles. The molecule has 1 fully saturated rings. The third kappa shape index (κ3) is 5.80. The lowest BCUT2D eigenvalue weighted by Gasteiger charge is -2.33. The normalized spacial score (nSPS) is 17.1. The van der Waals surface area contributed by atoms with Crippen molar-refractivity contribution in [1.29, 1.82) is 0 Å². The van der Waals surface area contributed by atoms with Crippen molar-refractivity contribution in [3.05, 3.63) is 46.5 Å². The summed E-state index contributed by atoms with van der Waals surface area (Å²) in [5.41, 5.74) is 0.180. The van der Waals surface area contributed by atoms with E-state index in [9.17, 15) is 18.4 Å². The highest BCUT2D eigenvalue weighted by atomic mass is 32.1. The summed E-state index contributed by atoms with van der Waals surface area (Å²) in [5.74, 6) is -3.05. The van der Waals surface area contributed by atoms with E-state index in [1.54, 1.807) is 5.38 Å². The zero-order valence-corrected chi connectivity index (χ0v) is 17.0. The Morgan fingerprint density at radius 2 is 2.07 bits per heavy atom. The highest BCUT2D eigenvalue weighted by molar-refractivity contribution is 7.14. The minimum absolute atomic E-state index is 0.0305. The number of carbonyl (C=O) groups is 2. The van der Waals surface area contributed by atoms with Gasteiger partial charge in [-0.1, -0.05) is 6.42 Å². The molecule has 1 aromatic heterocycles. The van der Waals surface area contributed by atoms with Crippen LogP contribution >= 0.6 is 11.3 Å². The Morgan fingerprint density at radius 1 is 1.24 bits per heavy atom. The van der Waals surface area contributed by atoms with Gasteiger partial charge >= 0.3 is 0 Å². The predicted molar refractivity (Wildman–Crippen MR) is 108 cm³/mol. The van der Waals surface area contributed by atoms with Gasteiger partial charge in [-0.2, -0.15) is 0 Å². The van der Waals surface area contributed by atoms with Crippen LogP contribution in [-0.2, 0) is 0 Å². The smallest absolute Gasteiger partial charge is 0.270 e. The average molecular weight is 423 g/mol. The topological polar surface area (TPSA) is 74.3 Å². The molecule has 2 N–H and O–H groups in total. The van der Waals surface area contributed by atoms with E-state index in [0.29, 0.717) is 12.6 Å². The lowest BCUT2D eigenvalue weighted by molar-refractivity contribution is 0.0943. The first kappa shape index (κ1) is 21.3. The molecular formula is C20H24F2N4O2S. The third-order valence-electron chi connectivity index (χ3n) is 4.99. The second-order valence-corrected chi connectivity index (χ2v) is 7.97. The van der Waals surface area contributed by atoms with E-state index in [-0.39, 0.29) is 22.3 Å². The average Bonchev–Trinajstić information content (AvgIpc) is 3.17. The summed E-state index contributed by atoms with van der Waals surface area (Å²) in [4.78, 5) is 30.9. The molecule has 0 bridgehead atoms. The van der Waals surface area contributed by atoms with Crippen LogP contribution in [0.4, 0.5) is 13.9 Å². The Balaban J connectivity index is 1.45. The van der Waals surface area contributed by atoms with Crippen LogP contribution in [0, 0.1) is 11.6 Å². The van der Waals surface area contributed by atoms with E-state index in [1.165, 1.54) is 25.3 Å². The minimum atomic E-state index is -1.10. The number of amides is 2. The fraction of sp³-hybridized carbons (Fsp3) is 0.450. The molecule has 156 valence electrons. The second-order valence-electron chi connectivity index (χ2n) is 7.11. The number of halogens is 2. The van der Waals surface area contributed by atoms with Gasteiger partial charge in [0.2, 0.25) is 0 Å². The first-order valence-corrected chi connectivity index (χ1v) is 10.6. The van der Waals surface area contributed by atoms with Gasteiger partial charge in [0.05, 0.1) is 0 Å². The van der Waals surface area contributed by atoms with Gasteiger partial charge in [-0.15, -0.1) is 11.3 Å². The van der Waals surface area contributed by atoms with Crippen LogP contribution in [-0.4, -0.2) is 47.4 Å².